The van der Waals surface area contributed by atoms with Crippen LogP contribution < -0.4 is 0 Å². The first-order chi connectivity index (χ1) is 9.56. The van der Waals surface area contributed by atoms with Gasteiger partial charge in [0.2, 0.25) is 0 Å². The Balaban J connectivity index is 2.35. The predicted molar refractivity (Wildman–Crippen MR) is 81.5 cm³/mol. The highest BCUT2D eigenvalue weighted by Gasteiger charge is 2.34. The molecule has 2 rings (SSSR count). The number of piperidine rings is 1. The molecule has 0 amide bonds. The molecule has 0 radical (unpaired) electrons. The molecular formula is C15H19Cl2NO2. The van der Waals surface area contributed by atoms with Crippen LogP contribution >= 0.6 is 23.2 Å². The van der Waals surface area contributed by atoms with Crippen molar-refractivity contribution in [2.24, 2.45) is 0 Å². The zero-order valence-corrected chi connectivity index (χ0v) is 13.0. The molecule has 2 unspecified atom stereocenters. The Morgan fingerprint density at radius 1 is 1.45 bits per heavy atom. The molecule has 110 valence electrons. The van der Waals surface area contributed by atoms with E-state index in [4.69, 9.17) is 23.2 Å². The number of carboxylic acids is 1. The lowest BCUT2D eigenvalue weighted by atomic mass is 9.95. The van der Waals surface area contributed by atoms with Crippen LogP contribution in [0.2, 0.25) is 10.0 Å². The normalized spacial score (nSPS) is 21.6. The quantitative estimate of drug-likeness (QED) is 0.896. The van der Waals surface area contributed by atoms with Gasteiger partial charge in [-0.2, -0.15) is 0 Å². The first-order valence-electron chi connectivity index (χ1n) is 6.98. The number of benzene rings is 1. The van der Waals surface area contributed by atoms with E-state index in [1.807, 2.05) is 12.1 Å². The van der Waals surface area contributed by atoms with Gasteiger partial charge in [0, 0.05) is 6.04 Å². The van der Waals surface area contributed by atoms with Crippen molar-refractivity contribution in [3.63, 3.8) is 0 Å². The second-order valence-corrected chi connectivity index (χ2v) is 5.94. The van der Waals surface area contributed by atoms with E-state index < -0.39 is 12.0 Å². The Hall–Kier alpha value is -0.770. The highest BCUT2D eigenvalue weighted by molar-refractivity contribution is 6.42. The second-order valence-electron chi connectivity index (χ2n) is 5.15. The van der Waals surface area contributed by atoms with E-state index in [1.54, 1.807) is 6.07 Å². The molecule has 1 heterocycles. The van der Waals surface area contributed by atoms with E-state index in [2.05, 4.69) is 11.8 Å². The Morgan fingerprint density at radius 3 is 2.85 bits per heavy atom. The van der Waals surface area contributed by atoms with Crippen LogP contribution in [-0.4, -0.2) is 28.6 Å². The number of hydrogen-bond acceptors (Lipinski definition) is 2. The molecule has 1 aliphatic rings. The van der Waals surface area contributed by atoms with Gasteiger partial charge in [0.1, 0.15) is 6.04 Å². The van der Waals surface area contributed by atoms with Gasteiger partial charge in [-0.05, 0) is 37.4 Å². The number of halogens is 2. The SMILES string of the molecule is CCC(c1cccc(Cl)c1Cl)N1CCCCC1C(=O)O. The summed E-state index contributed by atoms with van der Waals surface area (Å²) in [6.07, 6.45) is 3.50. The number of rotatable bonds is 4. The van der Waals surface area contributed by atoms with Crippen LogP contribution in [0, 0.1) is 0 Å². The maximum Gasteiger partial charge on any atom is 0.320 e. The Bertz CT molecular complexity index is 493. The monoisotopic (exact) mass is 315 g/mol. The molecule has 20 heavy (non-hydrogen) atoms. The van der Waals surface area contributed by atoms with Crippen LogP contribution in [0.5, 0.6) is 0 Å². The lowest BCUT2D eigenvalue weighted by Gasteiger charge is -2.39. The van der Waals surface area contributed by atoms with Crippen LogP contribution in [0.1, 0.15) is 44.2 Å². The van der Waals surface area contributed by atoms with Gasteiger partial charge in [0.15, 0.2) is 0 Å². The van der Waals surface area contributed by atoms with Crippen LogP contribution in [-0.2, 0) is 4.79 Å². The van der Waals surface area contributed by atoms with Gasteiger partial charge < -0.3 is 5.11 Å². The third-order valence-electron chi connectivity index (χ3n) is 3.96. The van der Waals surface area contributed by atoms with Crippen molar-refractivity contribution in [1.29, 1.82) is 0 Å². The average molecular weight is 316 g/mol. The van der Waals surface area contributed by atoms with Crippen molar-refractivity contribution < 1.29 is 9.90 Å². The molecule has 1 N–H and O–H groups in total. The second kappa shape index (κ2) is 6.79. The lowest BCUT2D eigenvalue weighted by molar-refractivity contribution is -0.146. The molecule has 2 atom stereocenters. The summed E-state index contributed by atoms with van der Waals surface area (Å²) in [6, 6.07) is 5.14. The molecule has 1 aliphatic heterocycles. The molecule has 0 spiro atoms. The third-order valence-corrected chi connectivity index (χ3v) is 4.79. The molecule has 1 aromatic rings. The Kier molecular flexibility index (Phi) is 5.30. The Labute approximate surface area is 129 Å². The maximum absolute atomic E-state index is 11.5. The fraction of sp³-hybridized carbons (Fsp3) is 0.533. The maximum atomic E-state index is 11.5. The lowest BCUT2D eigenvalue weighted by Crippen LogP contribution is -2.46. The minimum absolute atomic E-state index is 0.00241. The zero-order valence-electron chi connectivity index (χ0n) is 11.5. The average Bonchev–Trinajstić information content (AvgIpc) is 2.44. The number of hydrogen-bond donors (Lipinski definition) is 1. The molecule has 0 saturated carbocycles. The number of likely N-dealkylation sites (tertiary alicyclic amines) is 1. The molecular weight excluding hydrogens is 297 g/mol. The van der Waals surface area contributed by atoms with Gasteiger partial charge in [-0.25, -0.2) is 0 Å². The van der Waals surface area contributed by atoms with Gasteiger partial charge in [-0.3, -0.25) is 9.69 Å². The van der Waals surface area contributed by atoms with Crippen LogP contribution in [0.3, 0.4) is 0 Å². The van der Waals surface area contributed by atoms with E-state index in [0.29, 0.717) is 16.5 Å². The van der Waals surface area contributed by atoms with Crippen molar-refractivity contribution in [2.45, 2.75) is 44.7 Å². The summed E-state index contributed by atoms with van der Waals surface area (Å²) in [5, 5.41) is 10.5. The fourth-order valence-electron chi connectivity index (χ4n) is 3.00. The molecule has 5 heteroatoms. The third kappa shape index (κ3) is 3.11. The van der Waals surface area contributed by atoms with E-state index in [1.165, 1.54) is 0 Å². The van der Waals surface area contributed by atoms with Gasteiger partial charge in [0.05, 0.1) is 10.0 Å². The highest BCUT2D eigenvalue weighted by Crippen LogP contribution is 2.37. The number of aliphatic carboxylic acids is 1. The molecule has 0 aromatic heterocycles. The molecule has 3 nitrogen and oxygen atoms in total. The summed E-state index contributed by atoms with van der Waals surface area (Å²) in [5.41, 5.74) is 0.926. The largest absolute Gasteiger partial charge is 0.480 e. The van der Waals surface area contributed by atoms with Gasteiger partial charge >= 0.3 is 5.97 Å². The summed E-state index contributed by atoms with van der Waals surface area (Å²) in [7, 11) is 0. The molecule has 1 saturated heterocycles. The van der Waals surface area contributed by atoms with Gasteiger partial charge in [-0.15, -0.1) is 0 Å². The van der Waals surface area contributed by atoms with Gasteiger partial charge in [0.25, 0.3) is 0 Å². The number of carbonyl (C=O) groups is 1. The molecule has 0 bridgehead atoms. The zero-order chi connectivity index (χ0) is 14.7. The van der Waals surface area contributed by atoms with E-state index in [-0.39, 0.29) is 6.04 Å². The smallest absolute Gasteiger partial charge is 0.320 e. The number of carboxylic acid groups (broad SMARTS) is 1. The number of nitrogens with zero attached hydrogens (tertiary/aromatic N) is 1. The first kappa shape index (κ1) is 15.6. The van der Waals surface area contributed by atoms with Crippen LogP contribution in [0.25, 0.3) is 0 Å². The Morgan fingerprint density at radius 2 is 2.20 bits per heavy atom. The molecule has 1 fully saturated rings. The highest BCUT2D eigenvalue weighted by atomic mass is 35.5. The topological polar surface area (TPSA) is 40.5 Å². The summed E-state index contributed by atoms with van der Waals surface area (Å²) in [5.74, 6) is -0.749. The molecule has 0 aliphatic carbocycles. The van der Waals surface area contributed by atoms with E-state index in [9.17, 15) is 9.90 Å². The van der Waals surface area contributed by atoms with Crippen molar-refractivity contribution in [3.05, 3.63) is 33.8 Å². The molecule has 1 aromatic carbocycles. The standard InChI is InChI=1S/C15H19Cl2NO2/c1-2-12(10-6-5-7-11(16)14(10)17)18-9-4-3-8-13(18)15(19)20/h5-7,12-13H,2-4,8-9H2,1H3,(H,19,20). The van der Waals surface area contributed by atoms with Crippen LogP contribution in [0.4, 0.5) is 0 Å². The minimum atomic E-state index is -0.749. The van der Waals surface area contributed by atoms with Gasteiger partial charge in [-0.1, -0.05) is 48.7 Å². The summed E-state index contributed by atoms with van der Waals surface area (Å²) in [6.45, 7) is 2.84. The van der Waals surface area contributed by atoms with Crippen molar-refractivity contribution in [1.82, 2.24) is 4.90 Å². The van der Waals surface area contributed by atoms with Crippen molar-refractivity contribution in [3.8, 4) is 0 Å². The summed E-state index contributed by atoms with van der Waals surface area (Å²) in [4.78, 5) is 13.5. The summed E-state index contributed by atoms with van der Waals surface area (Å²) < 4.78 is 0. The van der Waals surface area contributed by atoms with E-state index in [0.717, 1.165) is 31.4 Å². The van der Waals surface area contributed by atoms with Crippen molar-refractivity contribution >= 4 is 29.2 Å². The minimum Gasteiger partial charge on any atom is -0.480 e. The van der Waals surface area contributed by atoms with E-state index >= 15 is 0 Å². The van der Waals surface area contributed by atoms with Crippen molar-refractivity contribution in [2.75, 3.05) is 6.54 Å². The predicted octanol–water partition coefficient (Wildman–Crippen LogP) is 4.38. The summed E-state index contributed by atoms with van der Waals surface area (Å²) >= 11 is 12.4. The van der Waals surface area contributed by atoms with Crippen LogP contribution in [0.15, 0.2) is 18.2 Å². The fourth-order valence-corrected chi connectivity index (χ4v) is 3.44. The first-order valence-corrected chi connectivity index (χ1v) is 7.74.